The maximum absolute atomic E-state index is 12.9. The van der Waals surface area contributed by atoms with Crippen molar-refractivity contribution < 1.29 is 24.2 Å². The van der Waals surface area contributed by atoms with Crippen LogP contribution in [0.25, 0.3) is 10.8 Å². The highest BCUT2D eigenvalue weighted by Crippen LogP contribution is 2.20. The molecule has 0 bridgehead atoms. The lowest BCUT2D eigenvalue weighted by Crippen LogP contribution is -2.51. The number of carboxylic acid groups (broad SMARTS) is 1. The van der Waals surface area contributed by atoms with Gasteiger partial charge in [-0.1, -0.05) is 72.8 Å². The Kier molecular flexibility index (Phi) is 6.88. The fraction of sp³-hybridized carbons (Fsp3) is 0.269. The molecule has 1 aliphatic rings. The summed E-state index contributed by atoms with van der Waals surface area (Å²) >= 11 is 0. The number of hydrogen-bond acceptors (Lipinski definition) is 4. The molecule has 1 heterocycles. The lowest BCUT2D eigenvalue weighted by molar-refractivity contribution is -0.142. The van der Waals surface area contributed by atoms with Crippen molar-refractivity contribution in [2.24, 2.45) is 0 Å². The molecule has 0 aliphatic carbocycles. The van der Waals surface area contributed by atoms with E-state index in [4.69, 9.17) is 4.74 Å². The molecule has 1 saturated heterocycles. The Morgan fingerprint density at radius 3 is 2.45 bits per heavy atom. The molecular formula is C26H26N2O5. The fourth-order valence-corrected chi connectivity index (χ4v) is 4.13. The van der Waals surface area contributed by atoms with Crippen molar-refractivity contribution in [2.45, 2.75) is 38.0 Å². The van der Waals surface area contributed by atoms with E-state index < -0.39 is 30.1 Å². The normalized spacial score (nSPS) is 16.4. The van der Waals surface area contributed by atoms with Gasteiger partial charge in [-0.05, 0) is 34.7 Å². The Bertz CT molecular complexity index is 1150. The molecule has 170 valence electrons. The van der Waals surface area contributed by atoms with Crippen LogP contribution in [-0.4, -0.2) is 46.6 Å². The summed E-state index contributed by atoms with van der Waals surface area (Å²) in [7, 11) is 0. The number of fused-ring (bicyclic) bond motifs is 1. The van der Waals surface area contributed by atoms with Crippen LogP contribution in [0.2, 0.25) is 0 Å². The molecule has 0 spiro atoms. The number of amides is 2. The third-order valence-corrected chi connectivity index (χ3v) is 5.86. The highest BCUT2D eigenvalue weighted by Gasteiger charge is 2.36. The summed E-state index contributed by atoms with van der Waals surface area (Å²) < 4.78 is 5.37. The van der Waals surface area contributed by atoms with Crippen LogP contribution < -0.4 is 5.32 Å². The molecule has 1 aliphatic heterocycles. The molecule has 0 unspecified atom stereocenters. The zero-order chi connectivity index (χ0) is 23.2. The SMILES string of the molecule is O=C(N[C@H](Cc1ccc2ccccc2c1)C(=O)O)[C@H]1CCCN1C(=O)OCc1ccccc1. The van der Waals surface area contributed by atoms with Crippen LogP contribution in [0.1, 0.15) is 24.0 Å². The van der Waals surface area contributed by atoms with Gasteiger partial charge >= 0.3 is 12.1 Å². The van der Waals surface area contributed by atoms with E-state index in [0.717, 1.165) is 21.9 Å². The van der Waals surface area contributed by atoms with Gasteiger partial charge in [-0.25, -0.2) is 9.59 Å². The number of benzene rings is 3. The highest BCUT2D eigenvalue weighted by molar-refractivity contribution is 5.90. The largest absolute Gasteiger partial charge is 0.480 e. The third kappa shape index (κ3) is 5.49. The van der Waals surface area contributed by atoms with Crippen LogP contribution in [0.15, 0.2) is 72.8 Å². The minimum atomic E-state index is -1.12. The van der Waals surface area contributed by atoms with Crippen molar-refractivity contribution in [3.05, 3.63) is 83.9 Å². The van der Waals surface area contributed by atoms with Gasteiger partial charge in [0.1, 0.15) is 18.7 Å². The van der Waals surface area contributed by atoms with Crippen molar-refractivity contribution in [3.8, 4) is 0 Å². The molecule has 4 rings (SSSR count). The summed E-state index contributed by atoms with van der Waals surface area (Å²) in [6.07, 6.45) is 0.699. The maximum atomic E-state index is 12.9. The standard InChI is InChI=1S/C26H26N2O5/c29-24(23-11-6-14-28(23)26(32)33-17-18-7-2-1-3-8-18)27-22(25(30)31)16-19-12-13-20-9-4-5-10-21(20)15-19/h1-5,7-10,12-13,15,22-23H,6,11,14,16-17H2,(H,27,29)(H,30,31)/t22-,23-/m1/s1. The lowest BCUT2D eigenvalue weighted by atomic mass is 10.0. The second-order valence-corrected chi connectivity index (χ2v) is 8.18. The van der Waals surface area contributed by atoms with Crippen LogP contribution in [0.3, 0.4) is 0 Å². The second-order valence-electron chi connectivity index (χ2n) is 8.18. The van der Waals surface area contributed by atoms with Gasteiger partial charge in [0.05, 0.1) is 0 Å². The third-order valence-electron chi connectivity index (χ3n) is 5.86. The number of ether oxygens (including phenoxy) is 1. The molecule has 7 nitrogen and oxygen atoms in total. The maximum Gasteiger partial charge on any atom is 0.410 e. The first-order valence-electron chi connectivity index (χ1n) is 11.0. The Hall–Kier alpha value is -3.87. The minimum absolute atomic E-state index is 0.115. The summed E-state index contributed by atoms with van der Waals surface area (Å²) in [5, 5.41) is 14.4. The van der Waals surface area contributed by atoms with E-state index in [1.165, 1.54) is 4.90 Å². The molecule has 0 radical (unpaired) electrons. The van der Waals surface area contributed by atoms with Crippen molar-refractivity contribution in [3.63, 3.8) is 0 Å². The highest BCUT2D eigenvalue weighted by atomic mass is 16.6. The monoisotopic (exact) mass is 446 g/mol. The molecule has 1 fully saturated rings. The van der Waals surface area contributed by atoms with Gasteiger partial charge in [0, 0.05) is 13.0 Å². The van der Waals surface area contributed by atoms with Crippen LogP contribution in [-0.2, 0) is 27.4 Å². The average molecular weight is 447 g/mol. The summed E-state index contributed by atoms with van der Waals surface area (Å²) in [4.78, 5) is 38.8. The molecule has 33 heavy (non-hydrogen) atoms. The number of hydrogen-bond donors (Lipinski definition) is 2. The van der Waals surface area contributed by atoms with E-state index in [1.807, 2.05) is 72.8 Å². The van der Waals surface area contributed by atoms with E-state index in [1.54, 1.807) is 0 Å². The molecule has 2 atom stereocenters. The van der Waals surface area contributed by atoms with E-state index in [0.29, 0.717) is 19.4 Å². The molecule has 2 N–H and O–H groups in total. The Morgan fingerprint density at radius 1 is 0.970 bits per heavy atom. The predicted octanol–water partition coefficient (Wildman–Crippen LogP) is 3.75. The van der Waals surface area contributed by atoms with Crippen LogP contribution in [0.4, 0.5) is 4.79 Å². The first-order chi connectivity index (χ1) is 16.0. The van der Waals surface area contributed by atoms with E-state index in [-0.39, 0.29) is 13.0 Å². The van der Waals surface area contributed by atoms with Crippen molar-refractivity contribution in [1.29, 1.82) is 0 Å². The number of rotatable bonds is 7. The van der Waals surface area contributed by atoms with E-state index >= 15 is 0 Å². The predicted molar refractivity (Wildman–Crippen MR) is 124 cm³/mol. The Morgan fingerprint density at radius 2 is 1.70 bits per heavy atom. The average Bonchev–Trinajstić information content (AvgIpc) is 3.33. The molecule has 7 heteroatoms. The minimum Gasteiger partial charge on any atom is -0.480 e. The smallest absolute Gasteiger partial charge is 0.410 e. The molecule has 3 aromatic rings. The molecule has 2 amide bonds. The number of likely N-dealkylation sites (tertiary alicyclic amines) is 1. The lowest BCUT2D eigenvalue weighted by Gasteiger charge is -2.25. The topological polar surface area (TPSA) is 95.9 Å². The summed E-state index contributed by atoms with van der Waals surface area (Å²) in [5.41, 5.74) is 1.67. The van der Waals surface area contributed by atoms with Crippen molar-refractivity contribution >= 4 is 28.7 Å². The number of nitrogens with zero attached hydrogens (tertiary/aromatic N) is 1. The van der Waals surface area contributed by atoms with Crippen LogP contribution in [0.5, 0.6) is 0 Å². The van der Waals surface area contributed by atoms with Gasteiger partial charge in [0.15, 0.2) is 0 Å². The zero-order valence-corrected chi connectivity index (χ0v) is 18.1. The molecule has 0 aromatic heterocycles. The van der Waals surface area contributed by atoms with Gasteiger partial charge in [0.2, 0.25) is 5.91 Å². The van der Waals surface area contributed by atoms with Crippen molar-refractivity contribution in [2.75, 3.05) is 6.54 Å². The van der Waals surface area contributed by atoms with Crippen LogP contribution in [0, 0.1) is 0 Å². The number of carboxylic acids is 1. The zero-order valence-electron chi connectivity index (χ0n) is 18.1. The number of carbonyl (C=O) groups is 3. The van der Waals surface area contributed by atoms with Gasteiger partial charge in [-0.2, -0.15) is 0 Å². The summed E-state index contributed by atoms with van der Waals surface area (Å²) in [6, 6.07) is 21.0. The van der Waals surface area contributed by atoms with E-state index in [2.05, 4.69) is 5.32 Å². The molecule has 0 saturated carbocycles. The van der Waals surface area contributed by atoms with Gasteiger partial charge < -0.3 is 15.2 Å². The van der Waals surface area contributed by atoms with Crippen LogP contribution >= 0.6 is 0 Å². The second kappa shape index (κ2) is 10.2. The van der Waals surface area contributed by atoms with Gasteiger partial charge in [0.25, 0.3) is 0 Å². The van der Waals surface area contributed by atoms with Gasteiger partial charge in [-0.15, -0.1) is 0 Å². The Labute approximate surface area is 192 Å². The number of nitrogens with one attached hydrogen (secondary N) is 1. The Balaban J connectivity index is 1.39. The molecule has 3 aromatic carbocycles. The van der Waals surface area contributed by atoms with Gasteiger partial charge in [-0.3, -0.25) is 9.69 Å². The fourth-order valence-electron chi connectivity index (χ4n) is 4.13. The first-order valence-corrected chi connectivity index (χ1v) is 11.0. The summed E-state index contributed by atoms with van der Waals surface area (Å²) in [6.45, 7) is 0.512. The number of aliphatic carboxylic acids is 1. The summed E-state index contributed by atoms with van der Waals surface area (Å²) in [5.74, 6) is -1.59. The molecular weight excluding hydrogens is 420 g/mol. The van der Waals surface area contributed by atoms with Crippen molar-refractivity contribution in [1.82, 2.24) is 10.2 Å². The quantitative estimate of drug-likeness (QED) is 0.576. The number of carbonyl (C=O) groups excluding carboxylic acids is 2. The first kappa shape index (κ1) is 22.3. The van der Waals surface area contributed by atoms with E-state index in [9.17, 15) is 19.5 Å².